The van der Waals surface area contributed by atoms with Crippen LogP contribution in [0.2, 0.25) is 5.02 Å². The Morgan fingerprint density at radius 3 is 2.43 bits per heavy atom. The van der Waals surface area contributed by atoms with E-state index in [0.29, 0.717) is 0 Å². The van der Waals surface area contributed by atoms with Gasteiger partial charge in [0, 0.05) is 12.1 Å². The first kappa shape index (κ1) is 20.0. The number of nitrogens with one attached hydrogen (secondary N) is 1. The minimum Gasteiger partial charge on any atom is -0.454 e. The average Bonchev–Trinajstić information content (AvgIpc) is 3.38. The summed E-state index contributed by atoms with van der Waals surface area (Å²) in [4.78, 5) is 60.2. The van der Waals surface area contributed by atoms with E-state index >= 15 is 0 Å². The molecule has 11 heteroatoms. The number of benzene rings is 1. The number of carbonyl (C=O) groups excluding carboxylic acids is 4. The maximum Gasteiger partial charge on any atom is 0.326 e. The standard InChI is InChI=1S/C19H16ClN3O7/c20-12-4-3-11(23(28)29)6-13(12)21-14(24)8-30-15(25)7-22-18(26)16-9-1-2-10(5-9)17(16)19(22)27/h1-4,6,9-10,16-17H,5,7-8H2,(H,21,24)/t9-,10-,16+,17+/m0/s1. The van der Waals surface area contributed by atoms with Gasteiger partial charge >= 0.3 is 5.97 Å². The average molecular weight is 434 g/mol. The van der Waals surface area contributed by atoms with Gasteiger partial charge in [-0.2, -0.15) is 0 Å². The number of fused-ring (bicyclic) bond motifs is 5. The normalized spacial score (nSPS) is 26.1. The Kier molecular flexibility index (Phi) is 5.02. The summed E-state index contributed by atoms with van der Waals surface area (Å²) < 4.78 is 4.85. The fraction of sp³-hybridized carbons (Fsp3) is 0.368. The minimum atomic E-state index is -0.905. The van der Waals surface area contributed by atoms with Crippen molar-refractivity contribution >= 4 is 46.7 Å². The summed E-state index contributed by atoms with van der Waals surface area (Å²) in [5.41, 5.74) is -0.278. The van der Waals surface area contributed by atoms with Crippen molar-refractivity contribution in [1.29, 1.82) is 0 Å². The van der Waals surface area contributed by atoms with Crippen LogP contribution in [0.1, 0.15) is 6.42 Å². The van der Waals surface area contributed by atoms with Gasteiger partial charge in [-0.1, -0.05) is 23.8 Å². The predicted molar refractivity (Wildman–Crippen MR) is 102 cm³/mol. The molecule has 156 valence electrons. The van der Waals surface area contributed by atoms with Crippen LogP contribution in [0, 0.1) is 33.8 Å². The van der Waals surface area contributed by atoms with Crippen molar-refractivity contribution in [3.8, 4) is 0 Å². The number of hydrogen-bond donors (Lipinski definition) is 1. The number of likely N-dealkylation sites (tertiary alicyclic amines) is 1. The molecule has 1 saturated heterocycles. The molecule has 1 aromatic rings. The second-order valence-corrected chi connectivity index (χ2v) is 7.80. The van der Waals surface area contributed by atoms with E-state index in [1.807, 2.05) is 12.2 Å². The molecule has 4 atom stereocenters. The number of esters is 1. The summed E-state index contributed by atoms with van der Waals surface area (Å²) in [5.74, 6) is -3.22. The van der Waals surface area contributed by atoms with E-state index in [9.17, 15) is 29.3 Å². The van der Waals surface area contributed by atoms with E-state index in [-0.39, 0.29) is 40.0 Å². The molecule has 0 spiro atoms. The van der Waals surface area contributed by atoms with Crippen molar-refractivity contribution in [1.82, 2.24) is 4.90 Å². The van der Waals surface area contributed by atoms with E-state index in [1.165, 1.54) is 12.1 Å². The van der Waals surface area contributed by atoms with Crippen LogP contribution in [0.3, 0.4) is 0 Å². The monoisotopic (exact) mass is 433 g/mol. The number of nitro groups is 1. The fourth-order valence-corrected chi connectivity index (χ4v) is 4.51. The lowest BCUT2D eigenvalue weighted by Gasteiger charge is -2.16. The lowest BCUT2D eigenvalue weighted by atomic mass is 9.85. The molecule has 2 bridgehead atoms. The first-order valence-electron chi connectivity index (χ1n) is 9.19. The van der Waals surface area contributed by atoms with Gasteiger partial charge in [0.25, 0.3) is 11.6 Å². The highest BCUT2D eigenvalue weighted by atomic mass is 35.5. The minimum absolute atomic E-state index is 0.00684. The molecule has 30 heavy (non-hydrogen) atoms. The van der Waals surface area contributed by atoms with E-state index < -0.39 is 41.8 Å². The molecule has 10 nitrogen and oxygen atoms in total. The lowest BCUT2D eigenvalue weighted by molar-refractivity contribution is -0.384. The zero-order chi connectivity index (χ0) is 21.6. The Balaban J connectivity index is 1.31. The zero-order valence-electron chi connectivity index (χ0n) is 15.4. The quantitative estimate of drug-likeness (QED) is 0.236. The summed E-state index contributed by atoms with van der Waals surface area (Å²) in [6.45, 7) is -1.26. The molecule has 4 rings (SSSR count). The Hall–Kier alpha value is -3.27. The number of rotatable bonds is 6. The summed E-state index contributed by atoms with van der Waals surface area (Å²) in [6, 6.07) is 3.51. The van der Waals surface area contributed by atoms with Crippen LogP contribution in [-0.4, -0.2) is 46.7 Å². The van der Waals surface area contributed by atoms with E-state index in [4.69, 9.17) is 16.3 Å². The molecular weight excluding hydrogens is 418 g/mol. The fourth-order valence-electron chi connectivity index (χ4n) is 4.35. The number of allylic oxidation sites excluding steroid dienone is 2. The van der Waals surface area contributed by atoms with Gasteiger partial charge in [-0.25, -0.2) is 0 Å². The predicted octanol–water partition coefficient (Wildman–Crippen LogP) is 1.54. The number of nitro benzene ring substituents is 1. The van der Waals surface area contributed by atoms with Crippen LogP contribution >= 0.6 is 11.6 Å². The van der Waals surface area contributed by atoms with E-state index in [1.54, 1.807) is 0 Å². The van der Waals surface area contributed by atoms with Crippen LogP contribution in [0.4, 0.5) is 11.4 Å². The largest absolute Gasteiger partial charge is 0.454 e. The first-order valence-corrected chi connectivity index (χ1v) is 9.57. The van der Waals surface area contributed by atoms with Gasteiger partial charge in [-0.15, -0.1) is 0 Å². The highest BCUT2D eigenvalue weighted by Gasteiger charge is 2.59. The van der Waals surface area contributed by atoms with Gasteiger partial charge in [-0.3, -0.25) is 34.2 Å². The van der Waals surface area contributed by atoms with Crippen molar-refractivity contribution in [3.05, 3.63) is 45.5 Å². The summed E-state index contributed by atoms with van der Waals surface area (Å²) in [6.07, 6.45) is 4.68. The van der Waals surface area contributed by atoms with Crippen molar-refractivity contribution in [2.45, 2.75) is 6.42 Å². The number of hydrogen-bond acceptors (Lipinski definition) is 7. The van der Waals surface area contributed by atoms with Crippen LogP contribution in [-0.2, 0) is 23.9 Å². The van der Waals surface area contributed by atoms with Gasteiger partial charge in [0.1, 0.15) is 6.54 Å². The molecule has 2 aliphatic carbocycles. The van der Waals surface area contributed by atoms with Gasteiger partial charge in [0.05, 0.1) is 27.5 Å². The smallest absolute Gasteiger partial charge is 0.326 e. The highest BCUT2D eigenvalue weighted by molar-refractivity contribution is 6.33. The number of non-ortho nitro benzene ring substituents is 1. The van der Waals surface area contributed by atoms with Crippen molar-refractivity contribution < 1.29 is 28.8 Å². The molecule has 1 heterocycles. The first-order chi connectivity index (χ1) is 14.3. The third-order valence-electron chi connectivity index (χ3n) is 5.65. The highest BCUT2D eigenvalue weighted by Crippen LogP contribution is 2.52. The van der Waals surface area contributed by atoms with Gasteiger partial charge in [0.2, 0.25) is 11.8 Å². The lowest BCUT2D eigenvalue weighted by Crippen LogP contribution is -2.38. The number of imide groups is 1. The molecule has 1 aromatic carbocycles. The molecule has 0 radical (unpaired) electrons. The van der Waals surface area contributed by atoms with Crippen LogP contribution in [0.15, 0.2) is 30.4 Å². The second kappa shape index (κ2) is 7.52. The van der Waals surface area contributed by atoms with Gasteiger partial charge in [-0.05, 0) is 24.3 Å². The van der Waals surface area contributed by atoms with Gasteiger partial charge in [0.15, 0.2) is 6.61 Å². The second-order valence-electron chi connectivity index (χ2n) is 7.39. The number of carbonyl (C=O) groups is 4. The Morgan fingerprint density at radius 2 is 1.83 bits per heavy atom. The Bertz CT molecular complexity index is 978. The number of halogens is 1. The van der Waals surface area contributed by atoms with Crippen molar-refractivity contribution in [2.24, 2.45) is 23.7 Å². The maximum absolute atomic E-state index is 12.5. The number of ether oxygens (including phenoxy) is 1. The van der Waals surface area contributed by atoms with E-state index in [2.05, 4.69) is 5.32 Å². The van der Waals surface area contributed by atoms with Gasteiger partial charge < -0.3 is 10.1 Å². The molecular formula is C19H16ClN3O7. The third-order valence-corrected chi connectivity index (χ3v) is 5.98. The molecule has 3 aliphatic rings. The maximum atomic E-state index is 12.5. The molecule has 3 amide bonds. The molecule has 1 N–H and O–H groups in total. The topological polar surface area (TPSA) is 136 Å². The zero-order valence-corrected chi connectivity index (χ0v) is 16.2. The summed E-state index contributed by atoms with van der Waals surface area (Å²) in [5, 5.41) is 13.2. The third kappa shape index (κ3) is 3.43. The SMILES string of the molecule is O=C(COC(=O)CN1C(=O)[C@H]2[C@H](C1=O)[C@H]1C=C[C@H]2C1)Nc1cc([N+](=O)[O-])ccc1Cl. The van der Waals surface area contributed by atoms with Crippen LogP contribution in [0.5, 0.6) is 0 Å². The van der Waals surface area contributed by atoms with Crippen LogP contribution in [0.25, 0.3) is 0 Å². The Labute approximate surface area is 174 Å². The molecule has 1 aliphatic heterocycles. The number of amides is 3. The molecule has 2 fully saturated rings. The molecule has 0 unspecified atom stereocenters. The van der Waals surface area contributed by atoms with Crippen LogP contribution < -0.4 is 5.32 Å². The Morgan fingerprint density at radius 1 is 1.20 bits per heavy atom. The summed E-state index contributed by atoms with van der Waals surface area (Å²) in [7, 11) is 0. The number of anilines is 1. The summed E-state index contributed by atoms with van der Waals surface area (Å²) >= 11 is 5.90. The van der Waals surface area contributed by atoms with E-state index in [0.717, 1.165) is 17.4 Å². The molecule has 0 aromatic heterocycles. The van der Waals surface area contributed by atoms with Crippen molar-refractivity contribution in [3.63, 3.8) is 0 Å². The van der Waals surface area contributed by atoms with Crippen molar-refractivity contribution in [2.75, 3.05) is 18.5 Å². The molecule has 1 saturated carbocycles. The number of nitrogens with zero attached hydrogens (tertiary/aromatic N) is 2.